The summed E-state index contributed by atoms with van der Waals surface area (Å²) in [7, 11) is 0. The zero-order valence-electron chi connectivity index (χ0n) is 41.7. The minimum atomic E-state index is -0.796. The van der Waals surface area contributed by atoms with Gasteiger partial charge in [-0.3, -0.25) is 14.4 Å². The Kier molecular flexibility index (Phi) is 49.1. The molecule has 0 heterocycles. The molecule has 366 valence electrons. The number of ether oxygens (including phenoxy) is 3. The number of hydrogen-bond donors (Lipinski definition) is 0. The van der Waals surface area contributed by atoms with Crippen molar-refractivity contribution in [2.45, 2.75) is 219 Å². The van der Waals surface area contributed by atoms with Crippen LogP contribution in [0.2, 0.25) is 0 Å². The van der Waals surface area contributed by atoms with Gasteiger partial charge in [0.2, 0.25) is 0 Å². The number of rotatable bonds is 45. The standard InChI is InChI=1S/C59H94O6/c1-4-7-10-13-15-17-19-21-22-23-24-25-26-27-28-29-30-31-32-33-34-35-36-38-39-41-43-46-49-52-58(61)64-55-56(54-63-57(60)51-48-45-12-9-6-3)65-59(62)53-50-47-44-42-40-37-20-18-16-14-11-8-5-2/h7-8,10-11,15-18,21-22,24-25,27-28,30-31,33-34,37,40,56H,4-6,9,12-14,19-20,23,26,29,32,35-36,38-39,41-55H2,1-3H3/b10-7-,11-8-,17-15-,18-16-,22-21-,25-24-,28-27-,31-30-,34-33-,40-37-. The highest BCUT2D eigenvalue weighted by Gasteiger charge is 2.19. The van der Waals surface area contributed by atoms with Crippen molar-refractivity contribution in [3.8, 4) is 0 Å². The number of hydrogen-bond acceptors (Lipinski definition) is 6. The zero-order valence-corrected chi connectivity index (χ0v) is 41.7. The first-order valence-corrected chi connectivity index (χ1v) is 26.0. The monoisotopic (exact) mass is 899 g/mol. The van der Waals surface area contributed by atoms with Gasteiger partial charge in [0.1, 0.15) is 13.2 Å². The SMILES string of the molecule is CC/C=C\C/C=C\C/C=C\C/C=C\C/C=C\C/C=C\C/C=C\CCCCCCCCCC(=O)OCC(COC(=O)CCCCCCC)OC(=O)CCCCC/C=C\C/C=C\C/C=C\CC. The van der Waals surface area contributed by atoms with Crippen LogP contribution >= 0.6 is 0 Å². The van der Waals surface area contributed by atoms with Crippen LogP contribution in [-0.2, 0) is 28.6 Å². The Hall–Kier alpha value is -4.19. The van der Waals surface area contributed by atoms with Crippen molar-refractivity contribution < 1.29 is 28.6 Å². The van der Waals surface area contributed by atoms with E-state index in [4.69, 9.17) is 14.2 Å². The number of unbranched alkanes of at least 4 members (excludes halogenated alkanes) is 14. The van der Waals surface area contributed by atoms with Crippen molar-refractivity contribution in [1.82, 2.24) is 0 Å². The van der Waals surface area contributed by atoms with Crippen LogP contribution in [0.4, 0.5) is 0 Å². The van der Waals surface area contributed by atoms with Crippen LogP contribution in [0.5, 0.6) is 0 Å². The molecule has 0 saturated heterocycles. The second kappa shape index (κ2) is 52.4. The lowest BCUT2D eigenvalue weighted by molar-refractivity contribution is -0.167. The molecular weight excluding hydrogens is 805 g/mol. The summed E-state index contributed by atoms with van der Waals surface area (Å²) < 4.78 is 16.6. The van der Waals surface area contributed by atoms with Gasteiger partial charge < -0.3 is 14.2 Å². The summed E-state index contributed by atoms with van der Waals surface area (Å²) in [4.78, 5) is 37.6. The zero-order chi connectivity index (χ0) is 47.2. The molecule has 0 radical (unpaired) electrons. The molecule has 1 unspecified atom stereocenters. The van der Waals surface area contributed by atoms with Crippen LogP contribution in [0.3, 0.4) is 0 Å². The predicted octanol–water partition coefficient (Wildman–Crippen LogP) is 17.3. The molecule has 0 bridgehead atoms. The van der Waals surface area contributed by atoms with E-state index in [-0.39, 0.29) is 37.5 Å². The molecule has 0 aromatic rings. The quantitative estimate of drug-likeness (QED) is 0.0262. The van der Waals surface area contributed by atoms with Gasteiger partial charge in [-0.2, -0.15) is 0 Å². The van der Waals surface area contributed by atoms with E-state index in [9.17, 15) is 14.4 Å². The van der Waals surface area contributed by atoms with Gasteiger partial charge in [0.05, 0.1) is 0 Å². The molecule has 6 heteroatoms. The van der Waals surface area contributed by atoms with Crippen LogP contribution in [0.1, 0.15) is 213 Å². The van der Waals surface area contributed by atoms with Crippen LogP contribution in [0.15, 0.2) is 122 Å². The Balaban J connectivity index is 4.15. The Morgan fingerprint density at radius 1 is 0.323 bits per heavy atom. The van der Waals surface area contributed by atoms with Gasteiger partial charge in [0, 0.05) is 19.3 Å². The predicted molar refractivity (Wildman–Crippen MR) is 279 cm³/mol. The van der Waals surface area contributed by atoms with Crippen molar-refractivity contribution in [2.24, 2.45) is 0 Å². The Labute approximate surface area is 399 Å². The normalized spacial score (nSPS) is 13.1. The molecule has 6 nitrogen and oxygen atoms in total. The summed E-state index contributed by atoms with van der Waals surface area (Å²) in [5.74, 6) is -0.962. The lowest BCUT2D eigenvalue weighted by Crippen LogP contribution is -2.30. The average molecular weight is 899 g/mol. The van der Waals surface area contributed by atoms with Gasteiger partial charge in [-0.05, 0) is 109 Å². The number of carbonyl (C=O) groups excluding carboxylic acids is 3. The molecule has 0 aromatic heterocycles. The summed E-state index contributed by atoms with van der Waals surface area (Å²) >= 11 is 0. The minimum Gasteiger partial charge on any atom is -0.462 e. The smallest absolute Gasteiger partial charge is 0.306 e. The summed E-state index contributed by atoms with van der Waals surface area (Å²) in [6.45, 7) is 6.26. The van der Waals surface area contributed by atoms with E-state index in [0.717, 1.165) is 148 Å². The van der Waals surface area contributed by atoms with Crippen LogP contribution in [-0.4, -0.2) is 37.2 Å². The highest BCUT2D eigenvalue weighted by molar-refractivity contribution is 5.71. The molecule has 0 N–H and O–H groups in total. The fourth-order valence-corrected chi connectivity index (χ4v) is 6.61. The van der Waals surface area contributed by atoms with Gasteiger partial charge in [-0.15, -0.1) is 0 Å². The molecule has 0 aromatic carbocycles. The van der Waals surface area contributed by atoms with Crippen LogP contribution in [0.25, 0.3) is 0 Å². The third kappa shape index (κ3) is 50.7. The maximum atomic E-state index is 12.7. The van der Waals surface area contributed by atoms with Crippen LogP contribution < -0.4 is 0 Å². The molecule has 65 heavy (non-hydrogen) atoms. The fourth-order valence-electron chi connectivity index (χ4n) is 6.61. The fraction of sp³-hybridized carbons (Fsp3) is 0.610. The molecule has 1 atom stereocenters. The van der Waals surface area contributed by atoms with Gasteiger partial charge in [-0.1, -0.05) is 206 Å². The van der Waals surface area contributed by atoms with E-state index in [1.807, 2.05) is 0 Å². The number of carbonyl (C=O) groups is 3. The molecule has 0 aliphatic rings. The third-order valence-electron chi connectivity index (χ3n) is 10.5. The summed E-state index contributed by atoms with van der Waals surface area (Å²) in [6, 6.07) is 0. The van der Waals surface area contributed by atoms with Crippen molar-refractivity contribution in [3.05, 3.63) is 122 Å². The topological polar surface area (TPSA) is 78.9 Å². The first kappa shape index (κ1) is 60.8. The Bertz CT molecular complexity index is 1400. The molecule has 0 spiro atoms. The van der Waals surface area contributed by atoms with Crippen molar-refractivity contribution >= 4 is 17.9 Å². The third-order valence-corrected chi connectivity index (χ3v) is 10.5. The Morgan fingerprint density at radius 2 is 0.600 bits per heavy atom. The molecule has 0 amide bonds. The van der Waals surface area contributed by atoms with E-state index < -0.39 is 6.10 Å². The number of allylic oxidation sites excluding steroid dienone is 20. The van der Waals surface area contributed by atoms with Gasteiger partial charge in [0.15, 0.2) is 6.10 Å². The first-order valence-electron chi connectivity index (χ1n) is 26.0. The lowest BCUT2D eigenvalue weighted by atomic mass is 10.1. The Morgan fingerprint density at radius 3 is 0.954 bits per heavy atom. The average Bonchev–Trinajstić information content (AvgIpc) is 3.30. The van der Waals surface area contributed by atoms with E-state index in [1.54, 1.807) is 0 Å². The van der Waals surface area contributed by atoms with Gasteiger partial charge >= 0.3 is 17.9 Å². The van der Waals surface area contributed by atoms with Crippen LogP contribution in [0, 0.1) is 0 Å². The van der Waals surface area contributed by atoms with Gasteiger partial charge in [-0.25, -0.2) is 0 Å². The molecule has 0 saturated carbocycles. The molecule has 0 aliphatic carbocycles. The second-order valence-electron chi connectivity index (χ2n) is 16.7. The molecular formula is C59H94O6. The maximum Gasteiger partial charge on any atom is 0.306 e. The highest BCUT2D eigenvalue weighted by atomic mass is 16.6. The summed E-state index contributed by atoms with van der Waals surface area (Å²) in [5, 5.41) is 0. The van der Waals surface area contributed by atoms with Gasteiger partial charge in [0.25, 0.3) is 0 Å². The van der Waals surface area contributed by atoms with E-state index >= 15 is 0 Å². The summed E-state index contributed by atoms with van der Waals surface area (Å²) in [6.07, 6.45) is 72.3. The maximum absolute atomic E-state index is 12.7. The van der Waals surface area contributed by atoms with Crippen molar-refractivity contribution in [1.29, 1.82) is 0 Å². The van der Waals surface area contributed by atoms with E-state index in [0.29, 0.717) is 12.8 Å². The summed E-state index contributed by atoms with van der Waals surface area (Å²) in [5.41, 5.74) is 0. The largest absolute Gasteiger partial charge is 0.462 e. The van der Waals surface area contributed by atoms with E-state index in [1.165, 1.54) is 25.7 Å². The van der Waals surface area contributed by atoms with Crippen molar-refractivity contribution in [3.63, 3.8) is 0 Å². The highest BCUT2D eigenvalue weighted by Crippen LogP contribution is 2.13. The molecule has 0 aliphatic heterocycles. The van der Waals surface area contributed by atoms with Crippen molar-refractivity contribution in [2.75, 3.05) is 13.2 Å². The minimum absolute atomic E-state index is 0.0970. The molecule has 0 rings (SSSR count). The second-order valence-corrected chi connectivity index (χ2v) is 16.7. The van der Waals surface area contributed by atoms with E-state index in [2.05, 4.69) is 142 Å². The molecule has 0 fully saturated rings. The number of esters is 3. The lowest BCUT2D eigenvalue weighted by Gasteiger charge is -2.18. The first-order chi connectivity index (χ1) is 32.0.